The second-order valence-corrected chi connectivity index (χ2v) is 5.74. The van der Waals surface area contributed by atoms with E-state index in [1.807, 2.05) is 0 Å². The van der Waals surface area contributed by atoms with E-state index in [4.69, 9.17) is 4.74 Å². The smallest absolute Gasteiger partial charge is 0.137 e. The van der Waals surface area contributed by atoms with Gasteiger partial charge >= 0.3 is 0 Å². The Morgan fingerprint density at radius 1 is 1.29 bits per heavy atom. The van der Waals surface area contributed by atoms with Gasteiger partial charge < -0.3 is 15.0 Å². The van der Waals surface area contributed by atoms with Crippen LogP contribution in [0, 0.1) is 6.92 Å². The van der Waals surface area contributed by atoms with Crippen LogP contribution in [0.15, 0.2) is 6.33 Å². The lowest BCUT2D eigenvalue weighted by Crippen LogP contribution is -2.44. The van der Waals surface area contributed by atoms with E-state index in [0.29, 0.717) is 6.04 Å². The molecule has 0 aromatic carbocycles. The van der Waals surface area contributed by atoms with Crippen LogP contribution in [0.25, 0.3) is 0 Å². The van der Waals surface area contributed by atoms with Gasteiger partial charge in [0.2, 0.25) is 0 Å². The average molecular weight is 291 g/mol. The van der Waals surface area contributed by atoms with Gasteiger partial charge in [-0.25, -0.2) is 9.97 Å². The third-order valence-electron chi connectivity index (χ3n) is 4.43. The summed E-state index contributed by atoms with van der Waals surface area (Å²) < 4.78 is 5.45. The summed E-state index contributed by atoms with van der Waals surface area (Å²) in [7, 11) is 0. The van der Waals surface area contributed by atoms with Crippen LogP contribution in [0.1, 0.15) is 18.9 Å². The summed E-state index contributed by atoms with van der Waals surface area (Å²) in [6, 6.07) is 0.630. The Kier molecular flexibility index (Phi) is 4.55. The Labute approximate surface area is 126 Å². The van der Waals surface area contributed by atoms with E-state index in [1.54, 1.807) is 6.33 Å². The third-order valence-corrected chi connectivity index (χ3v) is 4.43. The largest absolute Gasteiger partial charge is 0.379 e. The molecule has 0 saturated carbocycles. The summed E-state index contributed by atoms with van der Waals surface area (Å²) in [4.78, 5) is 13.8. The summed E-state index contributed by atoms with van der Waals surface area (Å²) in [6.45, 7) is 11.1. The molecule has 1 atom stereocenters. The van der Waals surface area contributed by atoms with Gasteiger partial charge in [-0.15, -0.1) is 0 Å². The second-order valence-electron chi connectivity index (χ2n) is 5.74. The zero-order valence-corrected chi connectivity index (χ0v) is 13.0. The van der Waals surface area contributed by atoms with Gasteiger partial charge in [0.15, 0.2) is 0 Å². The van der Waals surface area contributed by atoms with E-state index in [0.717, 1.165) is 63.1 Å². The number of anilines is 2. The minimum atomic E-state index is 0.630. The van der Waals surface area contributed by atoms with Crippen molar-refractivity contribution in [3.63, 3.8) is 0 Å². The van der Waals surface area contributed by atoms with Crippen LogP contribution in [-0.2, 0) is 4.74 Å². The lowest BCUT2D eigenvalue weighted by Gasteiger charge is -2.32. The molecule has 1 unspecified atom stereocenters. The summed E-state index contributed by atoms with van der Waals surface area (Å²) >= 11 is 0. The van der Waals surface area contributed by atoms with Gasteiger partial charge in [0.1, 0.15) is 18.0 Å². The predicted molar refractivity (Wildman–Crippen MR) is 83.9 cm³/mol. The highest BCUT2D eigenvalue weighted by atomic mass is 16.5. The van der Waals surface area contributed by atoms with Crippen LogP contribution >= 0.6 is 0 Å². The molecule has 1 N–H and O–H groups in total. The molecular formula is C15H25N5O. The molecule has 2 saturated heterocycles. The zero-order valence-electron chi connectivity index (χ0n) is 13.0. The monoisotopic (exact) mass is 291 g/mol. The highest BCUT2D eigenvalue weighted by Gasteiger charge is 2.30. The van der Waals surface area contributed by atoms with Crippen molar-refractivity contribution in [3.8, 4) is 0 Å². The molecule has 2 aliphatic rings. The molecule has 6 nitrogen and oxygen atoms in total. The Balaban J connectivity index is 1.69. The maximum absolute atomic E-state index is 5.45. The van der Waals surface area contributed by atoms with E-state index in [2.05, 4.69) is 38.9 Å². The molecule has 0 radical (unpaired) electrons. The van der Waals surface area contributed by atoms with Gasteiger partial charge in [0.05, 0.1) is 13.2 Å². The first kappa shape index (κ1) is 14.5. The minimum Gasteiger partial charge on any atom is -0.379 e. The fourth-order valence-electron chi connectivity index (χ4n) is 3.28. The van der Waals surface area contributed by atoms with Gasteiger partial charge in [-0.3, -0.25) is 4.90 Å². The molecule has 0 bridgehead atoms. The van der Waals surface area contributed by atoms with E-state index in [-0.39, 0.29) is 0 Å². The highest BCUT2D eigenvalue weighted by molar-refractivity contribution is 5.58. The van der Waals surface area contributed by atoms with Crippen LogP contribution in [0.3, 0.4) is 0 Å². The molecule has 0 spiro atoms. The third kappa shape index (κ3) is 3.11. The Morgan fingerprint density at radius 3 is 2.86 bits per heavy atom. The SMILES string of the molecule is CCNc1ncnc(N2CCC(N3CCOCC3)C2)c1C. The Hall–Kier alpha value is -1.40. The second kappa shape index (κ2) is 6.58. The molecule has 3 rings (SSSR count). The van der Waals surface area contributed by atoms with Crippen LogP contribution < -0.4 is 10.2 Å². The van der Waals surface area contributed by atoms with Crippen molar-refractivity contribution in [3.05, 3.63) is 11.9 Å². The Bertz CT molecular complexity index is 475. The van der Waals surface area contributed by atoms with Crippen LogP contribution in [0.2, 0.25) is 0 Å². The number of nitrogens with one attached hydrogen (secondary N) is 1. The van der Waals surface area contributed by atoms with Crippen molar-refractivity contribution in [2.45, 2.75) is 26.3 Å². The van der Waals surface area contributed by atoms with Crippen molar-refractivity contribution in [2.24, 2.45) is 0 Å². The molecule has 1 aromatic rings. The predicted octanol–water partition coefficient (Wildman–Crippen LogP) is 1.13. The molecule has 2 fully saturated rings. The molecule has 116 valence electrons. The molecular weight excluding hydrogens is 266 g/mol. The maximum Gasteiger partial charge on any atom is 0.137 e. The number of hydrogen-bond acceptors (Lipinski definition) is 6. The number of nitrogens with zero attached hydrogens (tertiary/aromatic N) is 4. The molecule has 21 heavy (non-hydrogen) atoms. The lowest BCUT2D eigenvalue weighted by atomic mass is 10.2. The van der Waals surface area contributed by atoms with Gasteiger partial charge in [-0.05, 0) is 20.3 Å². The number of rotatable bonds is 4. The van der Waals surface area contributed by atoms with E-state index < -0.39 is 0 Å². The molecule has 0 aliphatic carbocycles. The van der Waals surface area contributed by atoms with Gasteiger partial charge in [-0.2, -0.15) is 0 Å². The van der Waals surface area contributed by atoms with Gasteiger partial charge in [0.25, 0.3) is 0 Å². The van der Waals surface area contributed by atoms with Crippen molar-refractivity contribution in [1.29, 1.82) is 0 Å². The minimum absolute atomic E-state index is 0.630. The van der Waals surface area contributed by atoms with Crippen LogP contribution in [-0.4, -0.2) is 66.8 Å². The number of aromatic nitrogens is 2. The van der Waals surface area contributed by atoms with Gasteiger partial charge in [0, 0.05) is 44.3 Å². The standard InChI is InChI=1S/C15H25N5O/c1-3-16-14-12(2)15(18-11-17-14)20-5-4-13(10-20)19-6-8-21-9-7-19/h11,13H,3-10H2,1-2H3,(H,16,17,18). The van der Waals surface area contributed by atoms with Crippen molar-refractivity contribution in [2.75, 3.05) is 56.2 Å². The van der Waals surface area contributed by atoms with Crippen molar-refractivity contribution >= 4 is 11.6 Å². The molecule has 6 heteroatoms. The summed E-state index contributed by atoms with van der Waals surface area (Å²) in [5.41, 5.74) is 1.15. The van der Waals surface area contributed by atoms with E-state index >= 15 is 0 Å². The topological polar surface area (TPSA) is 53.5 Å². The lowest BCUT2D eigenvalue weighted by molar-refractivity contribution is 0.0209. The maximum atomic E-state index is 5.45. The van der Waals surface area contributed by atoms with Crippen molar-refractivity contribution < 1.29 is 4.74 Å². The van der Waals surface area contributed by atoms with E-state index in [1.165, 1.54) is 6.42 Å². The Morgan fingerprint density at radius 2 is 2.10 bits per heavy atom. The normalized spacial score (nSPS) is 23.5. The fourth-order valence-corrected chi connectivity index (χ4v) is 3.28. The quantitative estimate of drug-likeness (QED) is 0.897. The zero-order chi connectivity index (χ0) is 14.7. The highest BCUT2D eigenvalue weighted by Crippen LogP contribution is 2.27. The molecule has 1 aromatic heterocycles. The number of hydrogen-bond donors (Lipinski definition) is 1. The van der Waals surface area contributed by atoms with Crippen molar-refractivity contribution in [1.82, 2.24) is 14.9 Å². The number of ether oxygens (including phenoxy) is 1. The summed E-state index contributed by atoms with van der Waals surface area (Å²) in [6.07, 6.45) is 2.88. The first-order chi connectivity index (χ1) is 10.3. The summed E-state index contributed by atoms with van der Waals surface area (Å²) in [5.74, 6) is 2.04. The molecule has 0 amide bonds. The first-order valence-corrected chi connectivity index (χ1v) is 7.91. The van der Waals surface area contributed by atoms with Crippen LogP contribution in [0.5, 0.6) is 0 Å². The average Bonchev–Trinajstić information content (AvgIpc) is 3.00. The summed E-state index contributed by atoms with van der Waals surface area (Å²) in [5, 5.41) is 3.31. The molecule has 2 aliphatic heterocycles. The number of morpholine rings is 1. The molecule has 3 heterocycles. The first-order valence-electron chi connectivity index (χ1n) is 7.91. The fraction of sp³-hybridized carbons (Fsp3) is 0.733. The van der Waals surface area contributed by atoms with Gasteiger partial charge in [-0.1, -0.05) is 0 Å². The van der Waals surface area contributed by atoms with E-state index in [9.17, 15) is 0 Å². The van der Waals surface area contributed by atoms with Crippen LogP contribution in [0.4, 0.5) is 11.6 Å².